The van der Waals surface area contributed by atoms with E-state index < -0.39 is 0 Å². The molecule has 3 aromatic carbocycles. The van der Waals surface area contributed by atoms with Crippen LogP contribution in [0.2, 0.25) is 0 Å². The van der Waals surface area contributed by atoms with Gasteiger partial charge in [0.15, 0.2) is 0 Å². The fourth-order valence-electron chi connectivity index (χ4n) is 4.22. The summed E-state index contributed by atoms with van der Waals surface area (Å²) in [5.74, 6) is 0.606. The van der Waals surface area contributed by atoms with Crippen molar-refractivity contribution in [3.8, 4) is 33.5 Å². The van der Waals surface area contributed by atoms with Crippen LogP contribution in [0, 0.1) is 0 Å². The molecule has 3 heteroatoms. The predicted molar refractivity (Wildman–Crippen MR) is 136 cm³/mol. The van der Waals surface area contributed by atoms with Gasteiger partial charge in [0.05, 0.1) is 11.9 Å². The van der Waals surface area contributed by atoms with E-state index in [4.69, 9.17) is 5.73 Å². The third-order valence-corrected chi connectivity index (χ3v) is 6.13. The van der Waals surface area contributed by atoms with Gasteiger partial charge in [-0.1, -0.05) is 118 Å². The van der Waals surface area contributed by atoms with E-state index in [1.54, 1.807) is 0 Å². The SMILES string of the molecule is CCCCCCCCn1c(-c2ccc(-c3ccc(-c4ccccc4)cc3)cc2)cnc1N. The van der Waals surface area contributed by atoms with Crippen LogP contribution in [0.4, 0.5) is 5.95 Å². The molecule has 1 heterocycles. The van der Waals surface area contributed by atoms with Crippen molar-refractivity contribution in [2.45, 2.75) is 52.0 Å². The number of nitrogens with zero attached hydrogens (tertiary/aromatic N) is 2. The quantitative estimate of drug-likeness (QED) is 0.264. The molecule has 0 spiro atoms. The van der Waals surface area contributed by atoms with Gasteiger partial charge in [-0.05, 0) is 34.2 Å². The van der Waals surface area contributed by atoms with E-state index in [0.29, 0.717) is 5.95 Å². The van der Waals surface area contributed by atoms with Crippen LogP contribution < -0.4 is 5.73 Å². The van der Waals surface area contributed by atoms with Gasteiger partial charge < -0.3 is 10.3 Å². The molecule has 0 atom stereocenters. The fraction of sp³-hybridized carbons (Fsp3) is 0.276. The van der Waals surface area contributed by atoms with E-state index >= 15 is 0 Å². The highest BCUT2D eigenvalue weighted by Gasteiger charge is 2.10. The van der Waals surface area contributed by atoms with Crippen molar-refractivity contribution in [1.82, 2.24) is 9.55 Å². The second-order valence-corrected chi connectivity index (χ2v) is 8.44. The lowest BCUT2D eigenvalue weighted by Crippen LogP contribution is -2.05. The van der Waals surface area contributed by atoms with Crippen molar-refractivity contribution in [1.29, 1.82) is 0 Å². The van der Waals surface area contributed by atoms with Crippen LogP contribution >= 0.6 is 0 Å². The first-order valence-corrected chi connectivity index (χ1v) is 11.8. The fourth-order valence-corrected chi connectivity index (χ4v) is 4.22. The highest BCUT2D eigenvalue weighted by Crippen LogP contribution is 2.28. The Bertz CT molecular complexity index is 1090. The number of hydrogen-bond donors (Lipinski definition) is 1. The van der Waals surface area contributed by atoms with Gasteiger partial charge in [0.25, 0.3) is 0 Å². The van der Waals surface area contributed by atoms with E-state index in [2.05, 4.69) is 89.3 Å². The van der Waals surface area contributed by atoms with Crippen molar-refractivity contribution in [3.63, 3.8) is 0 Å². The smallest absolute Gasteiger partial charge is 0.200 e. The number of benzene rings is 3. The number of anilines is 1. The van der Waals surface area contributed by atoms with E-state index in [0.717, 1.165) is 24.2 Å². The van der Waals surface area contributed by atoms with Crippen molar-refractivity contribution < 1.29 is 0 Å². The highest BCUT2D eigenvalue weighted by molar-refractivity contribution is 5.72. The molecule has 2 N–H and O–H groups in total. The molecule has 0 aliphatic carbocycles. The minimum Gasteiger partial charge on any atom is -0.369 e. The molecule has 0 saturated carbocycles. The zero-order chi connectivity index (χ0) is 22.2. The second kappa shape index (κ2) is 10.8. The number of hydrogen-bond acceptors (Lipinski definition) is 2. The third-order valence-electron chi connectivity index (χ3n) is 6.13. The average molecular weight is 424 g/mol. The van der Waals surface area contributed by atoms with Gasteiger partial charge in [-0.3, -0.25) is 0 Å². The Morgan fingerprint density at radius 3 is 1.72 bits per heavy atom. The second-order valence-electron chi connectivity index (χ2n) is 8.44. The first-order valence-electron chi connectivity index (χ1n) is 11.8. The summed E-state index contributed by atoms with van der Waals surface area (Å²) >= 11 is 0. The number of rotatable bonds is 10. The van der Waals surface area contributed by atoms with E-state index in [1.165, 1.54) is 54.4 Å². The van der Waals surface area contributed by atoms with Crippen molar-refractivity contribution >= 4 is 5.95 Å². The van der Waals surface area contributed by atoms with E-state index in [-0.39, 0.29) is 0 Å². The molecule has 32 heavy (non-hydrogen) atoms. The van der Waals surface area contributed by atoms with Crippen molar-refractivity contribution in [2.24, 2.45) is 0 Å². The Balaban J connectivity index is 1.44. The zero-order valence-electron chi connectivity index (χ0n) is 19.0. The van der Waals surface area contributed by atoms with E-state index in [9.17, 15) is 0 Å². The van der Waals surface area contributed by atoms with Crippen LogP contribution in [0.1, 0.15) is 45.4 Å². The molecule has 0 aliphatic rings. The molecular weight excluding hydrogens is 390 g/mol. The Morgan fingerprint density at radius 1 is 0.625 bits per heavy atom. The summed E-state index contributed by atoms with van der Waals surface area (Å²) in [5.41, 5.74) is 13.3. The summed E-state index contributed by atoms with van der Waals surface area (Å²) in [6.07, 6.45) is 9.53. The molecular formula is C29H33N3. The summed E-state index contributed by atoms with van der Waals surface area (Å²) < 4.78 is 2.16. The van der Waals surface area contributed by atoms with Crippen LogP contribution in [0.3, 0.4) is 0 Å². The molecule has 0 radical (unpaired) electrons. The minimum absolute atomic E-state index is 0.606. The first-order chi connectivity index (χ1) is 15.8. The monoisotopic (exact) mass is 423 g/mol. The molecule has 0 amide bonds. The van der Waals surface area contributed by atoms with Crippen LogP contribution in [-0.4, -0.2) is 9.55 Å². The van der Waals surface area contributed by atoms with Gasteiger partial charge in [-0.25, -0.2) is 4.98 Å². The maximum Gasteiger partial charge on any atom is 0.200 e. The number of nitrogens with two attached hydrogens (primary N) is 1. The number of aromatic nitrogens is 2. The van der Waals surface area contributed by atoms with Crippen LogP contribution in [0.25, 0.3) is 33.5 Å². The topological polar surface area (TPSA) is 43.8 Å². The molecule has 1 aromatic heterocycles. The summed E-state index contributed by atoms with van der Waals surface area (Å²) in [5, 5.41) is 0. The summed E-state index contributed by atoms with van der Waals surface area (Å²) in [7, 11) is 0. The van der Waals surface area contributed by atoms with Crippen LogP contribution in [0.15, 0.2) is 85.1 Å². The molecule has 0 bridgehead atoms. The molecule has 164 valence electrons. The van der Waals surface area contributed by atoms with Gasteiger partial charge >= 0.3 is 0 Å². The van der Waals surface area contributed by atoms with E-state index in [1.807, 2.05) is 12.3 Å². The third kappa shape index (κ3) is 5.28. The maximum absolute atomic E-state index is 6.18. The Kier molecular flexibility index (Phi) is 7.39. The van der Waals surface area contributed by atoms with Crippen molar-refractivity contribution in [2.75, 3.05) is 5.73 Å². The summed E-state index contributed by atoms with van der Waals surface area (Å²) in [4.78, 5) is 4.38. The molecule has 4 aromatic rings. The Morgan fingerprint density at radius 2 is 1.12 bits per heavy atom. The number of unbranched alkanes of at least 4 members (excludes halogenated alkanes) is 5. The number of imidazole rings is 1. The van der Waals surface area contributed by atoms with Gasteiger partial charge in [0.1, 0.15) is 0 Å². The Labute approximate surface area is 192 Å². The minimum atomic E-state index is 0.606. The average Bonchev–Trinajstić information content (AvgIpc) is 3.22. The summed E-state index contributed by atoms with van der Waals surface area (Å²) in [6, 6.07) is 28.0. The van der Waals surface area contributed by atoms with Gasteiger partial charge in [-0.2, -0.15) is 0 Å². The molecule has 0 unspecified atom stereocenters. The number of nitrogen functional groups attached to an aromatic ring is 1. The van der Waals surface area contributed by atoms with Gasteiger partial charge in [-0.15, -0.1) is 0 Å². The van der Waals surface area contributed by atoms with Crippen LogP contribution in [0.5, 0.6) is 0 Å². The molecule has 0 aliphatic heterocycles. The zero-order valence-corrected chi connectivity index (χ0v) is 19.0. The standard InChI is InChI=1S/C29H33N3/c1-2-3-4-5-6-10-21-32-28(22-31-29(32)30)27-19-17-26(18-20-27)25-15-13-24(14-16-25)23-11-8-7-9-12-23/h7-9,11-20,22H,2-6,10,21H2,1H3,(H2,30,31). The van der Waals surface area contributed by atoms with Crippen molar-refractivity contribution in [3.05, 3.63) is 85.1 Å². The molecule has 3 nitrogen and oxygen atoms in total. The predicted octanol–water partition coefficient (Wildman–Crippen LogP) is 7.83. The molecule has 0 saturated heterocycles. The lowest BCUT2D eigenvalue weighted by Gasteiger charge is -2.11. The first kappa shape index (κ1) is 21.9. The van der Waals surface area contributed by atoms with Gasteiger partial charge in [0, 0.05) is 6.54 Å². The van der Waals surface area contributed by atoms with Gasteiger partial charge in [0.2, 0.25) is 5.95 Å². The molecule has 4 rings (SSSR count). The Hall–Kier alpha value is -3.33. The lowest BCUT2D eigenvalue weighted by atomic mass is 9.99. The summed E-state index contributed by atoms with van der Waals surface area (Å²) in [6.45, 7) is 3.18. The molecule has 0 fully saturated rings. The highest BCUT2D eigenvalue weighted by atomic mass is 15.1. The maximum atomic E-state index is 6.18. The lowest BCUT2D eigenvalue weighted by molar-refractivity contribution is 0.563. The van der Waals surface area contributed by atoms with Crippen LogP contribution in [-0.2, 0) is 6.54 Å². The normalized spacial score (nSPS) is 11.0. The largest absolute Gasteiger partial charge is 0.369 e.